The van der Waals surface area contributed by atoms with E-state index in [9.17, 15) is 0 Å². The summed E-state index contributed by atoms with van der Waals surface area (Å²) in [5, 5.41) is 17.2. The highest BCUT2D eigenvalue weighted by Crippen LogP contribution is 2.15. The molecule has 0 aliphatic heterocycles. The molecule has 9 heavy (non-hydrogen) atoms. The Kier molecular flexibility index (Phi) is 2.71. The van der Waals surface area contributed by atoms with E-state index in [0.29, 0.717) is 0 Å². The summed E-state index contributed by atoms with van der Waals surface area (Å²) in [6.45, 7) is 5.61. The highest BCUT2D eigenvalue weighted by Gasteiger charge is 2.06. The normalized spacial score (nSPS) is 14.0. The molecule has 0 heterocycles. The Morgan fingerprint density at radius 2 is 1.89 bits per heavy atom. The molecule has 0 aliphatic carbocycles. The number of rotatable bonds is 1. The fourth-order valence-corrected chi connectivity index (χ4v) is 0.545. The predicted octanol–water partition coefficient (Wildman–Crippen LogP) is 1.47. The number of hydrogen-bond acceptors (Lipinski definition) is 2. The van der Waals surface area contributed by atoms with Crippen LogP contribution in [0.1, 0.15) is 20.8 Å². The molecule has 0 aliphatic rings. The monoisotopic (exact) mass is 130 g/mol. The Hall–Kier alpha value is -0.500. The van der Waals surface area contributed by atoms with E-state index in [-0.39, 0.29) is 17.8 Å². The van der Waals surface area contributed by atoms with E-state index in [1.807, 2.05) is 20.8 Å². The molecule has 0 saturated carbocycles. The first-order chi connectivity index (χ1) is 3.95. The number of hydrogen-bond donors (Lipinski definition) is 2. The van der Waals surface area contributed by atoms with Crippen LogP contribution in [0.15, 0.2) is 11.8 Å². The largest absolute Gasteiger partial charge is 0.510 e. The lowest BCUT2D eigenvalue weighted by Crippen LogP contribution is -2.02. The fourth-order valence-electron chi connectivity index (χ4n) is 0.545. The van der Waals surface area contributed by atoms with Crippen molar-refractivity contribution in [2.24, 2.45) is 5.41 Å². The summed E-state index contributed by atoms with van der Waals surface area (Å²) >= 11 is 0. The highest BCUT2D eigenvalue weighted by atomic mass is 16.3. The van der Waals surface area contributed by atoms with Gasteiger partial charge in [-0.2, -0.15) is 0 Å². The van der Waals surface area contributed by atoms with Gasteiger partial charge in [0.1, 0.15) is 5.76 Å². The minimum atomic E-state index is -0.267. The molecule has 0 fully saturated rings. The van der Waals surface area contributed by atoms with Crippen LogP contribution >= 0.6 is 0 Å². The topological polar surface area (TPSA) is 40.5 Å². The highest BCUT2D eigenvalue weighted by molar-refractivity contribution is 4.97. The van der Waals surface area contributed by atoms with Gasteiger partial charge in [0.05, 0.1) is 6.61 Å². The van der Waals surface area contributed by atoms with E-state index in [1.165, 1.54) is 0 Å². The molecule has 0 amide bonds. The van der Waals surface area contributed by atoms with Crippen molar-refractivity contribution in [1.82, 2.24) is 0 Å². The van der Waals surface area contributed by atoms with Crippen LogP contribution < -0.4 is 0 Å². The van der Waals surface area contributed by atoms with Crippen LogP contribution in [-0.2, 0) is 0 Å². The minimum Gasteiger partial charge on any atom is -0.510 e. The molecule has 0 aromatic rings. The van der Waals surface area contributed by atoms with Crippen LogP contribution in [0.3, 0.4) is 0 Å². The number of aliphatic hydroxyl groups excluding tert-OH is 2. The zero-order valence-electron chi connectivity index (χ0n) is 6.18. The molecular weight excluding hydrogens is 116 g/mol. The van der Waals surface area contributed by atoms with Gasteiger partial charge in [-0.05, 0) is 11.5 Å². The maximum Gasteiger partial charge on any atom is 0.114 e. The second kappa shape index (κ2) is 2.87. The lowest BCUT2D eigenvalue weighted by Gasteiger charge is -2.11. The van der Waals surface area contributed by atoms with E-state index in [2.05, 4.69) is 0 Å². The van der Waals surface area contributed by atoms with Gasteiger partial charge >= 0.3 is 0 Å². The Balaban J connectivity index is 3.95. The van der Waals surface area contributed by atoms with Gasteiger partial charge in [0.15, 0.2) is 0 Å². The minimum absolute atomic E-state index is 0.0440. The second-order valence-corrected chi connectivity index (χ2v) is 3.16. The van der Waals surface area contributed by atoms with E-state index in [1.54, 1.807) is 6.08 Å². The molecule has 0 spiro atoms. The SMILES string of the molecule is CC(C)(C)C=C(O)CO. The standard InChI is InChI=1S/C7H14O2/c1-7(2,3)4-6(9)5-8/h4,8-9H,5H2,1-3H3. The summed E-state index contributed by atoms with van der Waals surface area (Å²) in [6, 6.07) is 0. The number of aliphatic hydroxyl groups is 2. The summed E-state index contributed by atoms with van der Waals surface area (Å²) in [5.41, 5.74) is -0.0488. The molecule has 0 atom stereocenters. The summed E-state index contributed by atoms with van der Waals surface area (Å²) in [6.07, 6.45) is 1.63. The third-order valence-corrected chi connectivity index (χ3v) is 0.762. The average molecular weight is 130 g/mol. The van der Waals surface area contributed by atoms with Crippen LogP contribution in [-0.4, -0.2) is 16.8 Å². The molecule has 2 N–H and O–H groups in total. The molecule has 0 rings (SSSR count). The fraction of sp³-hybridized carbons (Fsp3) is 0.714. The van der Waals surface area contributed by atoms with Gasteiger partial charge in [-0.1, -0.05) is 20.8 Å². The van der Waals surface area contributed by atoms with Crippen molar-refractivity contribution in [1.29, 1.82) is 0 Å². The van der Waals surface area contributed by atoms with Gasteiger partial charge in [0.2, 0.25) is 0 Å². The van der Waals surface area contributed by atoms with Crippen molar-refractivity contribution >= 4 is 0 Å². The van der Waals surface area contributed by atoms with Gasteiger partial charge in [0.25, 0.3) is 0 Å². The van der Waals surface area contributed by atoms with Crippen molar-refractivity contribution in [3.8, 4) is 0 Å². The van der Waals surface area contributed by atoms with E-state index < -0.39 is 0 Å². The van der Waals surface area contributed by atoms with E-state index in [4.69, 9.17) is 10.2 Å². The molecule has 0 bridgehead atoms. The summed E-state index contributed by atoms with van der Waals surface area (Å²) in [7, 11) is 0. The molecule has 0 aromatic heterocycles. The molecule has 54 valence electrons. The summed E-state index contributed by atoms with van der Waals surface area (Å²) in [4.78, 5) is 0. The van der Waals surface area contributed by atoms with Crippen LogP contribution in [0.25, 0.3) is 0 Å². The molecule has 2 heteroatoms. The average Bonchev–Trinajstić information content (AvgIpc) is 1.62. The zero-order chi connectivity index (χ0) is 7.49. The third-order valence-electron chi connectivity index (χ3n) is 0.762. The van der Waals surface area contributed by atoms with Crippen LogP contribution in [0, 0.1) is 5.41 Å². The first-order valence-electron chi connectivity index (χ1n) is 2.97. The second-order valence-electron chi connectivity index (χ2n) is 3.16. The number of allylic oxidation sites excluding steroid dienone is 1. The van der Waals surface area contributed by atoms with Gasteiger partial charge < -0.3 is 10.2 Å². The lowest BCUT2D eigenvalue weighted by molar-refractivity contribution is 0.247. The summed E-state index contributed by atoms with van der Waals surface area (Å²) in [5.74, 6) is 0.0440. The van der Waals surface area contributed by atoms with Crippen molar-refractivity contribution in [2.45, 2.75) is 20.8 Å². The molecule has 0 aromatic carbocycles. The van der Waals surface area contributed by atoms with E-state index in [0.717, 1.165) is 0 Å². The molecule has 0 radical (unpaired) electrons. The maximum absolute atomic E-state index is 8.80. The molecule has 0 saturated heterocycles. The van der Waals surface area contributed by atoms with Crippen molar-refractivity contribution in [3.05, 3.63) is 11.8 Å². The smallest absolute Gasteiger partial charge is 0.114 e. The first kappa shape index (κ1) is 8.50. The lowest BCUT2D eigenvalue weighted by atomic mass is 9.96. The zero-order valence-corrected chi connectivity index (χ0v) is 6.18. The summed E-state index contributed by atoms with van der Waals surface area (Å²) < 4.78 is 0. The van der Waals surface area contributed by atoms with Crippen LogP contribution in [0.4, 0.5) is 0 Å². The molecule has 0 unspecified atom stereocenters. The Labute approximate surface area is 55.8 Å². The van der Waals surface area contributed by atoms with Crippen LogP contribution in [0.2, 0.25) is 0 Å². The Bertz CT molecular complexity index is 109. The van der Waals surface area contributed by atoms with Crippen molar-refractivity contribution in [3.63, 3.8) is 0 Å². The van der Waals surface area contributed by atoms with Gasteiger partial charge in [-0.25, -0.2) is 0 Å². The van der Waals surface area contributed by atoms with Gasteiger partial charge in [-0.15, -0.1) is 0 Å². The first-order valence-corrected chi connectivity index (χ1v) is 2.97. The quantitative estimate of drug-likeness (QED) is 0.528. The van der Waals surface area contributed by atoms with Crippen molar-refractivity contribution < 1.29 is 10.2 Å². The molecular formula is C7H14O2. The van der Waals surface area contributed by atoms with Crippen LogP contribution in [0.5, 0.6) is 0 Å². The van der Waals surface area contributed by atoms with E-state index >= 15 is 0 Å². The van der Waals surface area contributed by atoms with Gasteiger partial charge in [-0.3, -0.25) is 0 Å². The maximum atomic E-state index is 8.80. The predicted molar refractivity (Wildman–Crippen MR) is 37.3 cm³/mol. The van der Waals surface area contributed by atoms with Crippen molar-refractivity contribution in [2.75, 3.05) is 6.61 Å². The Morgan fingerprint density at radius 1 is 1.44 bits per heavy atom. The third kappa shape index (κ3) is 5.37. The molecule has 2 nitrogen and oxygen atoms in total. The van der Waals surface area contributed by atoms with Gasteiger partial charge in [0, 0.05) is 0 Å². The Morgan fingerprint density at radius 3 is 2.00 bits per heavy atom.